The Balaban J connectivity index is 2.38. The normalized spacial score (nSPS) is 10.7. The van der Waals surface area contributed by atoms with Crippen molar-refractivity contribution in [3.05, 3.63) is 24.1 Å². The van der Waals surface area contributed by atoms with Crippen molar-refractivity contribution >= 4 is 6.01 Å². The molecule has 0 aliphatic carbocycles. The van der Waals surface area contributed by atoms with Crippen LogP contribution in [0.3, 0.4) is 0 Å². The van der Waals surface area contributed by atoms with E-state index in [9.17, 15) is 0 Å². The zero-order valence-electron chi connectivity index (χ0n) is 6.79. The maximum absolute atomic E-state index is 5.05. The van der Waals surface area contributed by atoms with Gasteiger partial charge in [0.05, 0.1) is 5.69 Å². The Labute approximate surface area is 66.1 Å². The minimum absolute atomic E-state index is 0.584. The quantitative estimate of drug-likeness (QED) is 0.673. The molecule has 3 nitrogen and oxygen atoms in total. The van der Waals surface area contributed by atoms with Gasteiger partial charge in [-0.25, -0.2) is 0 Å². The van der Waals surface area contributed by atoms with E-state index in [1.807, 2.05) is 26.0 Å². The molecule has 1 heterocycles. The molecule has 1 N–H and O–H groups in total. The van der Waals surface area contributed by atoms with E-state index in [0.29, 0.717) is 6.01 Å². The molecule has 0 aliphatic rings. The van der Waals surface area contributed by atoms with E-state index in [-0.39, 0.29) is 0 Å². The van der Waals surface area contributed by atoms with Gasteiger partial charge in [0.15, 0.2) is 0 Å². The van der Waals surface area contributed by atoms with Crippen molar-refractivity contribution in [2.24, 2.45) is 0 Å². The molecule has 0 saturated carbocycles. The molecule has 0 atom stereocenters. The van der Waals surface area contributed by atoms with Crippen molar-refractivity contribution in [2.75, 3.05) is 11.9 Å². The lowest BCUT2D eigenvalue weighted by Gasteiger charge is -1.93. The number of rotatable bonds is 3. The lowest BCUT2D eigenvalue weighted by molar-refractivity contribution is 0.572. The summed E-state index contributed by atoms with van der Waals surface area (Å²) in [5.41, 5.74) is 0.896. The van der Waals surface area contributed by atoms with Crippen LogP contribution < -0.4 is 5.32 Å². The first-order chi connectivity index (χ1) is 5.33. The molecular weight excluding hydrogens is 140 g/mol. The first-order valence-corrected chi connectivity index (χ1v) is 3.60. The van der Waals surface area contributed by atoms with Crippen LogP contribution in [0.4, 0.5) is 6.01 Å². The summed E-state index contributed by atoms with van der Waals surface area (Å²) in [7, 11) is 0. The van der Waals surface area contributed by atoms with Crippen LogP contribution in [0.2, 0.25) is 0 Å². The van der Waals surface area contributed by atoms with Gasteiger partial charge in [-0.15, -0.1) is 0 Å². The second-order valence-electron chi connectivity index (χ2n) is 2.24. The van der Waals surface area contributed by atoms with Gasteiger partial charge in [0, 0.05) is 6.54 Å². The Hall–Kier alpha value is -1.25. The van der Waals surface area contributed by atoms with E-state index in [2.05, 4.69) is 10.3 Å². The number of anilines is 1. The summed E-state index contributed by atoms with van der Waals surface area (Å²) in [6, 6.07) is 0.584. The van der Waals surface area contributed by atoms with Gasteiger partial charge in [-0.1, -0.05) is 12.2 Å². The van der Waals surface area contributed by atoms with E-state index in [4.69, 9.17) is 4.42 Å². The van der Waals surface area contributed by atoms with E-state index >= 15 is 0 Å². The van der Waals surface area contributed by atoms with Crippen LogP contribution in [-0.2, 0) is 0 Å². The lowest BCUT2D eigenvalue weighted by atomic mass is 10.5. The van der Waals surface area contributed by atoms with E-state index in [1.165, 1.54) is 0 Å². The van der Waals surface area contributed by atoms with Crippen molar-refractivity contribution in [2.45, 2.75) is 13.8 Å². The predicted molar refractivity (Wildman–Crippen MR) is 44.5 cm³/mol. The molecule has 1 aromatic rings. The number of allylic oxidation sites excluding steroid dienone is 1. The monoisotopic (exact) mass is 152 g/mol. The van der Waals surface area contributed by atoms with Crippen LogP contribution in [0.15, 0.2) is 22.8 Å². The second-order valence-corrected chi connectivity index (χ2v) is 2.24. The van der Waals surface area contributed by atoms with Crippen LogP contribution in [0.25, 0.3) is 0 Å². The molecule has 0 saturated heterocycles. The molecule has 0 radical (unpaired) electrons. The summed E-state index contributed by atoms with van der Waals surface area (Å²) in [5.74, 6) is 0. The number of nitrogens with zero attached hydrogens (tertiary/aromatic N) is 1. The Bertz CT molecular complexity index is 240. The third kappa shape index (κ3) is 2.45. The summed E-state index contributed by atoms with van der Waals surface area (Å²) in [6.45, 7) is 4.63. The maximum atomic E-state index is 5.05. The fraction of sp³-hybridized carbons (Fsp3) is 0.375. The minimum atomic E-state index is 0.584. The van der Waals surface area contributed by atoms with Gasteiger partial charge >= 0.3 is 0 Å². The third-order valence-corrected chi connectivity index (χ3v) is 1.23. The molecule has 0 fully saturated rings. The molecule has 0 amide bonds. The largest absolute Gasteiger partial charge is 0.432 e. The summed E-state index contributed by atoms with van der Waals surface area (Å²) in [5, 5.41) is 3.00. The molecule has 0 aromatic carbocycles. The van der Waals surface area contributed by atoms with E-state index in [1.54, 1.807) is 6.26 Å². The fourth-order valence-electron chi connectivity index (χ4n) is 0.699. The van der Waals surface area contributed by atoms with E-state index in [0.717, 1.165) is 12.2 Å². The van der Waals surface area contributed by atoms with Crippen molar-refractivity contribution in [3.63, 3.8) is 0 Å². The van der Waals surface area contributed by atoms with E-state index < -0.39 is 0 Å². The van der Waals surface area contributed by atoms with Crippen molar-refractivity contribution in [1.82, 2.24) is 4.98 Å². The van der Waals surface area contributed by atoms with Gasteiger partial charge in [0.1, 0.15) is 6.26 Å². The van der Waals surface area contributed by atoms with Crippen LogP contribution >= 0.6 is 0 Å². The number of aryl methyl sites for hydroxylation is 1. The summed E-state index contributed by atoms with van der Waals surface area (Å²) >= 11 is 0. The fourth-order valence-corrected chi connectivity index (χ4v) is 0.699. The highest BCUT2D eigenvalue weighted by Crippen LogP contribution is 2.04. The van der Waals surface area contributed by atoms with Gasteiger partial charge in [-0.2, -0.15) is 4.98 Å². The predicted octanol–water partition coefficient (Wildman–Crippen LogP) is 1.97. The molecule has 0 unspecified atom stereocenters. The molecule has 1 rings (SSSR count). The topological polar surface area (TPSA) is 38.1 Å². The Morgan fingerprint density at radius 1 is 1.73 bits per heavy atom. The molecule has 60 valence electrons. The highest BCUT2D eigenvalue weighted by Gasteiger charge is 1.95. The first kappa shape index (κ1) is 7.85. The average Bonchev–Trinajstić information content (AvgIpc) is 2.37. The van der Waals surface area contributed by atoms with Gasteiger partial charge in [0.2, 0.25) is 0 Å². The summed E-state index contributed by atoms with van der Waals surface area (Å²) < 4.78 is 5.05. The molecule has 0 bridgehead atoms. The molecule has 1 aromatic heterocycles. The maximum Gasteiger partial charge on any atom is 0.294 e. The van der Waals surface area contributed by atoms with Gasteiger partial charge in [0.25, 0.3) is 6.01 Å². The summed E-state index contributed by atoms with van der Waals surface area (Å²) in [6.07, 6.45) is 5.60. The van der Waals surface area contributed by atoms with Crippen LogP contribution in [0.5, 0.6) is 0 Å². The van der Waals surface area contributed by atoms with Crippen molar-refractivity contribution in [3.8, 4) is 0 Å². The zero-order chi connectivity index (χ0) is 8.10. The van der Waals surface area contributed by atoms with Crippen LogP contribution in [0.1, 0.15) is 12.6 Å². The van der Waals surface area contributed by atoms with Gasteiger partial charge in [-0.05, 0) is 13.8 Å². The first-order valence-electron chi connectivity index (χ1n) is 3.60. The minimum Gasteiger partial charge on any atom is -0.432 e. The number of hydrogen-bond donors (Lipinski definition) is 1. The van der Waals surface area contributed by atoms with Crippen molar-refractivity contribution < 1.29 is 4.42 Å². The molecule has 0 spiro atoms. The number of hydrogen-bond acceptors (Lipinski definition) is 3. The number of oxazole rings is 1. The zero-order valence-corrected chi connectivity index (χ0v) is 6.79. The average molecular weight is 152 g/mol. The van der Waals surface area contributed by atoms with Crippen LogP contribution in [0, 0.1) is 6.92 Å². The molecule has 3 heteroatoms. The van der Waals surface area contributed by atoms with Gasteiger partial charge < -0.3 is 9.73 Å². The SMILES string of the molecule is C/C=C/CNc1nc(C)co1. The smallest absolute Gasteiger partial charge is 0.294 e. The lowest BCUT2D eigenvalue weighted by Crippen LogP contribution is -1.97. The summed E-state index contributed by atoms with van der Waals surface area (Å²) in [4.78, 5) is 4.07. The second kappa shape index (κ2) is 3.81. The Morgan fingerprint density at radius 3 is 3.09 bits per heavy atom. The Morgan fingerprint density at radius 2 is 2.55 bits per heavy atom. The highest BCUT2D eigenvalue weighted by molar-refractivity contribution is 5.21. The molecule has 0 aliphatic heterocycles. The third-order valence-electron chi connectivity index (χ3n) is 1.23. The standard InChI is InChI=1S/C8H12N2O/c1-3-4-5-9-8-10-7(2)6-11-8/h3-4,6H,5H2,1-2H3,(H,9,10)/b4-3+. The van der Waals surface area contributed by atoms with Gasteiger partial charge in [-0.3, -0.25) is 0 Å². The Kier molecular flexibility index (Phi) is 2.72. The number of aromatic nitrogens is 1. The number of nitrogens with one attached hydrogen (secondary N) is 1. The van der Waals surface area contributed by atoms with Crippen molar-refractivity contribution in [1.29, 1.82) is 0 Å². The van der Waals surface area contributed by atoms with Crippen LogP contribution in [-0.4, -0.2) is 11.5 Å². The molecule has 11 heavy (non-hydrogen) atoms. The highest BCUT2D eigenvalue weighted by atomic mass is 16.4. The molecular formula is C8H12N2O.